The van der Waals surface area contributed by atoms with Crippen LogP contribution in [-0.4, -0.2) is 35.4 Å². The lowest BCUT2D eigenvalue weighted by Crippen LogP contribution is -2.30. The molecule has 0 aromatic carbocycles. The van der Waals surface area contributed by atoms with Crippen LogP contribution in [0.15, 0.2) is 0 Å². The second-order valence-corrected chi connectivity index (χ2v) is 1.09. The Kier molecular flexibility index (Phi) is 4.02. The maximum atomic E-state index is 8.07. The van der Waals surface area contributed by atoms with Gasteiger partial charge < -0.3 is 15.2 Å². The normalized spacial score (nSPS) is 9.00. The number of hydrogen-bond acceptors (Lipinski definition) is 4. The molecule has 4 N–H and O–H groups in total. The molecule has 42 valence electrons. The van der Waals surface area contributed by atoms with Gasteiger partial charge in [-0.2, -0.15) is 0 Å². The van der Waals surface area contributed by atoms with Crippen LogP contribution in [0.5, 0.6) is 0 Å². The van der Waals surface area contributed by atoms with Gasteiger partial charge in [0, 0.05) is 6.44 Å². The van der Waals surface area contributed by atoms with Crippen molar-refractivity contribution in [2.45, 2.75) is 0 Å². The highest BCUT2D eigenvalue weighted by Crippen LogP contribution is 1.59. The van der Waals surface area contributed by atoms with Crippen molar-refractivity contribution in [1.29, 1.82) is 0 Å². The maximum Gasteiger partial charge on any atom is 0.466 e. The van der Waals surface area contributed by atoms with Crippen LogP contribution in [0.25, 0.3) is 0 Å². The largest absolute Gasteiger partial charge is 0.466 e. The molecule has 0 aliphatic heterocycles. The molecule has 0 aromatic heterocycles. The Morgan fingerprint density at radius 3 is 2.14 bits per heavy atom. The van der Waals surface area contributed by atoms with Crippen LogP contribution in [0, 0.1) is 0 Å². The number of aliphatic hydroxyl groups excluding tert-OH is 1. The van der Waals surface area contributed by atoms with E-state index in [1.165, 1.54) is 0 Å². The lowest BCUT2D eigenvalue weighted by atomic mass is 9.93. The molecule has 0 unspecified atom stereocenters. The summed E-state index contributed by atoms with van der Waals surface area (Å²) < 4.78 is 0. The third-order valence-electron chi connectivity index (χ3n) is 0.439. The summed E-state index contributed by atoms with van der Waals surface area (Å²) in [5.41, 5.74) is 0. The fraction of sp³-hybridized carbons (Fsp3) is 1.00. The summed E-state index contributed by atoms with van der Waals surface area (Å²) >= 11 is 0. The average Bonchev–Trinajstić information content (AvgIpc) is 1.61. The Morgan fingerprint density at radius 1 is 1.43 bits per heavy atom. The molecule has 0 rings (SSSR count). The summed E-state index contributed by atoms with van der Waals surface area (Å²) in [5, 5.41) is 26.4. The van der Waals surface area contributed by atoms with E-state index in [9.17, 15) is 0 Å². The van der Waals surface area contributed by atoms with Gasteiger partial charge in [0.15, 0.2) is 0 Å². The van der Waals surface area contributed by atoms with E-state index in [0.717, 1.165) is 0 Å². The number of aliphatic hydroxyl groups is 1. The molecule has 4 nitrogen and oxygen atoms in total. The molecule has 0 aliphatic carbocycles. The number of hydrogen-bond donors (Lipinski definition) is 4. The fourth-order valence-electron chi connectivity index (χ4n) is 0.194. The van der Waals surface area contributed by atoms with Gasteiger partial charge in [0.05, 0.1) is 6.73 Å². The topological polar surface area (TPSA) is 72.7 Å². The Bertz CT molecular complexity index is 41.9. The monoisotopic (exact) mass is 105 g/mol. The molecule has 7 heavy (non-hydrogen) atoms. The van der Waals surface area contributed by atoms with Gasteiger partial charge in [0.2, 0.25) is 0 Å². The number of nitrogens with one attached hydrogen (secondary N) is 1. The first kappa shape index (κ1) is 6.90. The molecule has 0 saturated heterocycles. The van der Waals surface area contributed by atoms with Crippen LogP contribution in [0.3, 0.4) is 0 Å². The molecule has 0 bridgehead atoms. The van der Waals surface area contributed by atoms with Crippen molar-refractivity contribution in [3.63, 3.8) is 0 Å². The van der Waals surface area contributed by atoms with Gasteiger partial charge >= 0.3 is 7.12 Å². The van der Waals surface area contributed by atoms with E-state index in [-0.39, 0.29) is 13.2 Å². The predicted molar refractivity (Wildman–Crippen MR) is 25.3 cm³/mol. The average molecular weight is 105 g/mol. The molecule has 0 aliphatic rings. The quantitative estimate of drug-likeness (QED) is 0.237. The SMILES string of the molecule is OCNCB(O)O. The lowest BCUT2D eigenvalue weighted by molar-refractivity contribution is 0.262. The molecule has 0 saturated carbocycles. The van der Waals surface area contributed by atoms with Gasteiger partial charge in [-0.15, -0.1) is 0 Å². The van der Waals surface area contributed by atoms with Crippen LogP contribution < -0.4 is 5.32 Å². The maximum absolute atomic E-state index is 8.07. The van der Waals surface area contributed by atoms with Crippen molar-refractivity contribution in [2.75, 3.05) is 13.2 Å². The van der Waals surface area contributed by atoms with Crippen LogP contribution in [0.2, 0.25) is 0 Å². The molecule has 0 spiro atoms. The second kappa shape index (κ2) is 4.07. The zero-order valence-electron chi connectivity index (χ0n) is 3.83. The molecular formula is C2H8BNO3. The summed E-state index contributed by atoms with van der Waals surface area (Å²) in [6, 6.07) is 0. The van der Waals surface area contributed by atoms with Gasteiger partial charge in [0.1, 0.15) is 0 Å². The van der Waals surface area contributed by atoms with Crippen LogP contribution in [-0.2, 0) is 0 Å². The van der Waals surface area contributed by atoms with Crippen molar-refractivity contribution in [3.8, 4) is 0 Å². The van der Waals surface area contributed by atoms with Crippen molar-refractivity contribution < 1.29 is 15.2 Å². The zero-order chi connectivity index (χ0) is 5.70. The highest BCUT2D eigenvalue weighted by Gasteiger charge is 2.02. The van der Waals surface area contributed by atoms with E-state index >= 15 is 0 Å². The fourth-order valence-corrected chi connectivity index (χ4v) is 0.194. The third kappa shape index (κ3) is 5.90. The van der Waals surface area contributed by atoms with Crippen LogP contribution >= 0.6 is 0 Å². The Morgan fingerprint density at radius 2 is 2.00 bits per heavy atom. The van der Waals surface area contributed by atoms with E-state index < -0.39 is 7.12 Å². The molecular weight excluding hydrogens is 96.8 g/mol. The van der Waals surface area contributed by atoms with E-state index in [0.29, 0.717) is 0 Å². The minimum absolute atomic E-state index is 0.0104. The molecule has 0 amide bonds. The first-order valence-electron chi connectivity index (χ1n) is 1.95. The molecule has 0 fully saturated rings. The minimum Gasteiger partial charge on any atom is -0.426 e. The highest BCUT2D eigenvalue weighted by atomic mass is 16.4. The van der Waals surface area contributed by atoms with Gasteiger partial charge in [0.25, 0.3) is 0 Å². The first-order chi connectivity index (χ1) is 3.27. The standard InChI is InChI=1S/C2H8BNO3/c5-2-4-1-3(6)7/h4-7H,1-2H2. The summed E-state index contributed by atoms with van der Waals surface area (Å²) in [6.07, 6.45) is 0.0104. The highest BCUT2D eigenvalue weighted by molar-refractivity contribution is 6.41. The molecule has 0 radical (unpaired) electrons. The molecule has 0 heterocycles. The second-order valence-electron chi connectivity index (χ2n) is 1.09. The summed E-state index contributed by atoms with van der Waals surface area (Å²) in [4.78, 5) is 0. The third-order valence-corrected chi connectivity index (χ3v) is 0.439. The van der Waals surface area contributed by atoms with Gasteiger partial charge in [-0.3, -0.25) is 5.32 Å². The summed E-state index contributed by atoms with van der Waals surface area (Å²) in [5.74, 6) is 0. The lowest BCUT2D eigenvalue weighted by Gasteiger charge is -1.95. The number of rotatable bonds is 3. The molecule has 0 atom stereocenters. The predicted octanol–water partition coefficient (Wildman–Crippen LogP) is -2.46. The van der Waals surface area contributed by atoms with E-state index in [1.54, 1.807) is 0 Å². The van der Waals surface area contributed by atoms with Gasteiger partial charge in [-0.25, -0.2) is 0 Å². The summed E-state index contributed by atoms with van der Waals surface area (Å²) in [7, 11) is -1.37. The van der Waals surface area contributed by atoms with Crippen molar-refractivity contribution in [3.05, 3.63) is 0 Å². The Labute approximate surface area is 41.9 Å². The molecule has 5 heteroatoms. The molecule has 0 aromatic rings. The van der Waals surface area contributed by atoms with Crippen LogP contribution in [0.1, 0.15) is 0 Å². The Hall–Kier alpha value is -0.0951. The van der Waals surface area contributed by atoms with E-state index in [2.05, 4.69) is 5.32 Å². The first-order valence-corrected chi connectivity index (χ1v) is 1.95. The van der Waals surface area contributed by atoms with Crippen molar-refractivity contribution in [2.24, 2.45) is 0 Å². The smallest absolute Gasteiger partial charge is 0.426 e. The zero-order valence-corrected chi connectivity index (χ0v) is 3.83. The van der Waals surface area contributed by atoms with Crippen molar-refractivity contribution >= 4 is 7.12 Å². The minimum atomic E-state index is -1.37. The van der Waals surface area contributed by atoms with Gasteiger partial charge in [-0.1, -0.05) is 0 Å². The van der Waals surface area contributed by atoms with Crippen LogP contribution in [0.4, 0.5) is 0 Å². The Balaban J connectivity index is 2.68. The van der Waals surface area contributed by atoms with E-state index in [4.69, 9.17) is 15.2 Å². The summed E-state index contributed by atoms with van der Waals surface area (Å²) in [6.45, 7) is -0.225. The van der Waals surface area contributed by atoms with E-state index in [1.807, 2.05) is 0 Å². The van der Waals surface area contributed by atoms with Gasteiger partial charge in [-0.05, 0) is 0 Å². The van der Waals surface area contributed by atoms with Crippen molar-refractivity contribution in [1.82, 2.24) is 5.32 Å².